The Morgan fingerprint density at radius 2 is 1.82 bits per heavy atom. The normalized spacial score (nSPS) is 14.3. The third-order valence-electron chi connectivity index (χ3n) is 6.68. The number of piperidine rings is 1. The standard InChI is InChI=1S/C26H29BrN8O4S/c1-34(40(3,37)38)24-20(6-5-19-23(24)29-11-10-28-19)31-25-18(27)15-30-26(33-25)32-21-14-16(4-7-22(21)39-2)35-12-8-17(36)9-13-35/h4-7,10-11,14-15,17,36H,8-9,12-13H2,1-3H3,(H2,30,31,32,33). The summed E-state index contributed by atoms with van der Waals surface area (Å²) in [7, 11) is -0.549. The van der Waals surface area contributed by atoms with Gasteiger partial charge in [0.1, 0.15) is 22.8 Å². The summed E-state index contributed by atoms with van der Waals surface area (Å²) < 4.78 is 32.3. The molecule has 5 rings (SSSR count). The lowest BCUT2D eigenvalue weighted by Crippen LogP contribution is -2.35. The van der Waals surface area contributed by atoms with Crippen molar-refractivity contribution in [3.05, 3.63) is 53.4 Å². The van der Waals surface area contributed by atoms with Crippen molar-refractivity contribution < 1.29 is 18.3 Å². The Bertz CT molecular complexity index is 1650. The molecule has 14 heteroatoms. The molecule has 1 aliphatic heterocycles. The Morgan fingerprint density at radius 3 is 2.55 bits per heavy atom. The number of aliphatic hydroxyl groups excluding tert-OH is 1. The second kappa shape index (κ2) is 11.4. The van der Waals surface area contributed by atoms with Gasteiger partial charge < -0.3 is 25.4 Å². The minimum atomic E-state index is -3.61. The lowest BCUT2D eigenvalue weighted by atomic mass is 10.1. The van der Waals surface area contributed by atoms with E-state index < -0.39 is 10.0 Å². The van der Waals surface area contributed by atoms with Crippen molar-refractivity contribution in [1.82, 2.24) is 19.9 Å². The van der Waals surface area contributed by atoms with Crippen LogP contribution in [0.25, 0.3) is 11.0 Å². The highest BCUT2D eigenvalue weighted by atomic mass is 79.9. The van der Waals surface area contributed by atoms with E-state index in [0.717, 1.165) is 42.2 Å². The van der Waals surface area contributed by atoms with Crippen molar-refractivity contribution in [2.75, 3.05) is 53.3 Å². The third-order valence-corrected chi connectivity index (χ3v) is 8.44. The Morgan fingerprint density at radius 1 is 1.07 bits per heavy atom. The first-order valence-corrected chi connectivity index (χ1v) is 15.1. The molecule has 3 heterocycles. The average Bonchev–Trinajstić information content (AvgIpc) is 2.94. The number of sulfonamides is 1. The van der Waals surface area contributed by atoms with Crippen molar-refractivity contribution in [2.45, 2.75) is 18.9 Å². The number of hydrogen-bond acceptors (Lipinski definition) is 11. The summed E-state index contributed by atoms with van der Waals surface area (Å²) in [6.45, 7) is 1.52. The number of aliphatic hydroxyl groups is 1. The number of halogens is 1. The molecule has 1 aliphatic rings. The minimum Gasteiger partial charge on any atom is -0.495 e. The van der Waals surface area contributed by atoms with Gasteiger partial charge in [0.15, 0.2) is 0 Å². The number of rotatable bonds is 8. The molecule has 2 aromatic heterocycles. The quantitative estimate of drug-likeness (QED) is 0.260. The van der Waals surface area contributed by atoms with Gasteiger partial charge in [-0.3, -0.25) is 14.3 Å². The SMILES string of the molecule is COc1ccc(N2CCC(O)CC2)cc1Nc1ncc(Br)c(Nc2ccc3nccnc3c2N(C)S(C)(=O)=O)n1. The van der Waals surface area contributed by atoms with E-state index in [4.69, 9.17) is 4.74 Å². The Kier molecular flexibility index (Phi) is 7.92. The molecule has 40 heavy (non-hydrogen) atoms. The molecule has 0 spiro atoms. The predicted molar refractivity (Wildman–Crippen MR) is 160 cm³/mol. The minimum absolute atomic E-state index is 0.262. The fraction of sp³-hybridized carbons (Fsp3) is 0.308. The lowest BCUT2D eigenvalue weighted by molar-refractivity contribution is 0.145. The van der Waals surface area contributed by atoms with Crippen LogP contribution in [0, 0.1) is 0 Å². The number of ether oxygens (including phenoxy) is 1. The van der Waals surface area contributed by atoms with E-state index in [2.05, 4.69) is 51.4 Å². The zero-order chi connectivity index (χ0) is 28.4. The lowest BCUT2D eigenvalue weighted by Gasteiger charge is -2.32. The molecule has 12 nitrogen and oxygen atoms in total. The summed E-state index contributed by atoms with van der Waals surface area (Å²) >= 11 is 3.49. The number of methoxy groups -OCH3 is 1. The van der Waals surface area contributed by atoms with Gasteiger partial charge in [-0.1, -0.05) is 0 Å². The van der Waals surface area contributed by atoms with Crippen molar-refractivity contribution >= 4 is 71.5 Å². The summed E-state index contributed by atoms with van der Waals surface area (Å²) in [6, 6.07) is 9.33. The van der Waals surface area contributed by atoms with Crippen molar-refractivity contribution in [3.8, 4) is 5.75 Å². The summed E-state index contributed by atoms with van der Waals surface area (Å²) in [5.74, 6) is 1.32. The maximum absolute atomic E-state index is 12.5. The number of nitrogens with zero attached hydrogens (tertiary/aromatic N) is 6. The van der Waals surface area contributed by atoms with Crippen molar-refractivity contribution in [3.63, 3.8) is 0 Å². The topological polar surface area (TPSA) is 146 Å². The van der Waals surface area contributed by atoms with Crippen molar-refractivity contribution in [2.24, 2.45) is 0 Å². The molecule has 3 N–H and O–H groups in total. The smallest absolute Gasteiger partial charge is 0.232 e. The highest BCUT2D eigenvalue weighted by Crippen LogP contribution is 2.37. The number of fused-ring (bicyclic) bond motifs is 1. The summed E-state index contributed by atoms with van der Waals surface area (Å²) in [6.07, 6.45) is 6.97. The summed E-state index contributed by atoms with van der Waals surface area (Å²) in [5, 5.41) is 16.4. The maximum atomic E-state index is 12.5. The second-order valence-corrected chi connectivity index (χ2v) is 12.2. The molecule has 0 aliphatic carbocycles. The van der Waals surface area contributed by atoms with Crippen LogP contribution in [0.2, 0.25) is 0 Å². The van der Waals surface area contributed by atoms with Crippen LogP contribution in [0.15, 0.2) is 53.4 Å². The van der Waals surface area contributed by atoms with Crippen LogP contribution < -0.4 is 24.6 Å². The monoisotopic (exact) mass is 628 g/mol. The van der Waals surface area contributed by atoms with Gasteiger partial charge in [-0.2, -0.15) is 4.98 Å². The molecule has 2 aromatic carbocycles. The Labute approximate surface area is 240 Å². The molecule has 0 bridgehead atoms. The van der Waals surface area contributed by atoms with Gasteiger partial charge in [0.25, 0.3) is 0 Å². The van der Waals surface area contributed by atoms with Crippen LogP contribution in [0.1, 0.15) is 12.8 Å². The predicted octanol–water partition coefficient (Wildman–Crippen LogP) is 4.04. The van der Waals surface area contributed by atoms with Gasteiger partial charge in [0, 0.05) is 44.4 Å². The molecule has 210 valence electrons. The van der Waals surface area contributed by atoms with Gasteiger partial charge in [-0.25, -0.2) is 13.4 Å². The van der Waals surface area contributed by atoms with E-state index in [9.17, 15) is 13.5 Å². The van der Waals surface area contributed by atoms with Gasteiger partial charge >= 0.3 is 0 Å². The summed E-state index contributed by atoms with van der Waals surface area (Å²) in [4.78, 5) is 20.0. The Hall–Kier alpha value is -3.75. The van der Waals surface area contributed by atoms with Gasteiger partial charge in [0.2, 0.25) is 16.0 Å². The summed E-state index contributed by atoms with van der Waals surface area (Å²) in [5.41, 5.74) is 3.47. The zero-order valence-electron chi connectivity index (χ0n) is 22.2. The van der Waals surface area contributed by atoms with E-state index in [1.807, 2.05) is 18.2 Å². The van der Waals surface area contributed by atoms with Crippen LogP contribution in [-0.4, -0.2) is 73.1 Å². The van der Waals surface area contributed by atoms with E-state index in [-0.39, 0.29) is 6.10 Å². The van der Waals surface area contributed by atoms with Gasteiger partial charge in [-0.05, 0) is 59.1 Å². The highest BCUT2D eigenvalue weighted by molar-refractivity contribution is 9.10. The first-order chi connectivity index (χ1) is 19.1. The second-order valence-electron chi connectivity index (χ2n) is 9.36. The van der Waals surface area contributed by atoms with Crippen LogP contribution >= 0.6 is 15.9 Å². The van der Waals surface area contributed by atoms with Crippen LogP contribution in [0.4, 0.5) is 34.5 Å². The fourth-order valence-electron chi connectivity index (χ4n) is 4.48. The number of benzene rings is 2. The van der Waals surface area contributed by atoms with Crippen LogP contribution in [-0.2, 0) is 10.0 Å². The van der Waals surface area contributed by atoms with E-state index >= 15 is 0 Å². The fourth-order valence-corrected chi connectivity index (χ4v) is 5.29. The highest BCUT2D eigenvalue weighted by Gasteiger charge is 2.22. The van der Waals surface area contributed by atoms with E-state index in [0.29, 0.717) is 50.1 Å². The molecule has 0 saturated carbocycles. The van der Waals surface area contributed by atoms with Gasteiger partial charge in [-0.15, -0.1) is 0 Å². The third kappa shape index (κ3) is 5.88. The van der Waals surface area contributed by atoms with E-state index in [1.165, 1.54) is 13.2 Å². The molecule has 4 aromatic rings. The zero-order valence-corrected chi connectivity index (χ0v) is 24.6. The molecule has 0 unspecified atom stereocenters. The number of anilines is 6. The molecular weight excluding hydrogens is 600 g/mol. The number of hydrogen-bond donors (Lipinski definition) is 3. The van der Waals surface area contributed by atoms with Crippen LogP contribution in [0.3, 0.4) is 0 Å². The Balaban J connectivity index is 1.48. The number of aromatic nitrogens is 4. The molecule has 1 fully saturated rings. The first-order valence-electron chi connectivity index (χ1n) is 12.5. The maximum Gasteiger partial charge on any atom is 0.232 e. The van der Waals surface area contributed by atoms with Crippen LogP contribution in [0.5, 0.6) is 5.75 Å². The first kappa shape index (κ1) is 27.8. The largest absolute Gasteiger partial charge is 0.495 e. The number of nitrogens with one attached hydrogen (secondary N) is 2. The average molecular weight is 630 g/mol. The molecular formula is C26H29BrN8O4S. The molecule has 0 amide bonds. The van der Waals surface area contributed by atoms with Crippen molar-refractivity contribution in [1.29, 1.82) is 0 Å². The molecule has 0 atom stereocenters. The van der Waals surface area contributed by atoms with Gasteiger partial charge in [0.05, 0.1) is 40.8 Å². The molecule has 1 saturated heterocycles. The van der Waals surface area contributed by atoms with E-state index in [1.54, 1.807) is 31.6 Å². The molecule has 0 radical (unpaired) electrons.